The number of carbonyl (C=O) groups is 1. The highest BCUT2D eigenvalue weighted by Crippen LogP contribution is 2.45. The first-order valence-corrected chi connectivity index (χ1v) is 13.7. The van der Waals surface area contributed by atoms with Gasteiger partial charge in [-0.25, -0.2) is 9.67 Å². The van der Waals surface area contributed by atoms with Crippen molar-refractivity contribution in [3.8, 4) is 11.3 Å². The smallest absolute Gasteiger partial charge is 0.274 e. The van der Waals surface area contributed by atoms with Crippen molar-refractivity contribution in [1.82, 2.24) is 24.5 Å². The Bertz CT molecular complexity index is 1440. The fourth-order valence-corrected chi connectivity index (χ4v) is 5.77. The molecule has 1 aromatic carbocycles. The lowest BCUT2D eigenvalue weighted by Crippen LogP contribution is -2.18. The van der Waals surface area contributed by atoms with Crippen LogP contribution in [0.5, 0.6) is 0 Å². The van der Waals surface area contributed by atoms with Gasteiger partial charge in [0.05, 0.1) is 23.4 Å². The average molecular weight is 497 g/mol. The predicted octanol–water partition coefficient (Wildman–Crippen LogP) is 6.24. The minimum atomic E-state index is -0.200. The molecule has 2 aliphatic carbocycles. The van der Waals surface area contributed by atoms with Gasteiger partial charge in [0, 0.05) is 35.6 Å². The van der Waals surface area contributed by atoms with Crippen LogP contribution < -0.4 is 5.32 Å². The van der Waals surface area contributed by atoms with Gasteiger partial charge < -0.3 is 10.1 Å². The van der Waals surface area contributed by atoms with Gasteiger partial charge in [0.15, 0.2) is 0 Å². The van der Waals surface area contributed by atoms with Gasteiger partial charge in [0.2, 0.25) is 0 Å². The first kappa shape index (κ1) is 22.7. The van der Waals surface area contributed by atoms with Crippen LogP contribution in [0.3, 0.4) is 0 Å². The van der Waals surface area contributed by atoms with Crippen molar-refractivity contribution in [3.63, 3.8) is 0 Å². The summed E-state index contributed by atoms with van der Waals surface area (Å²) in [4.78, 5) is 18.0. The predicted molar refractivity (Wildman–Crippen MR) is 141 cm³/mol. The zero-order valence-corrected chi connectivity index (χ0v) is 21.0. The summed E-state index contributed by atoms with van der Waals surface area (Å²) in [6, 6.07) is 10.3. The van der Waals surface area contributed by atoms with Crippen molar-refractivity contribution in [2.24, 2.45) is 0 Å². The minimum absolute atomic E-state index is 0.0252. The zero-order valence-electron chi connectivity index (χ0n) is 21.0. The Kier molecular flexibility index (Phi) is 5.76. The first-order chi connectivity index (χ1) is 18.2. The molecule has 1 aliphatic heterocycles. The number of rotatable bonds is 6. The van der Waals surface area contributed by atoms with Gasteiger partial charge in [0.1, 0.15) is 11.9 Å². The van der Waals surface area contributed by atoms with Crippen molar-refractivity contribution < 1.29 is 9.53 Å². The van der Waals surface area contributed by atoms with Crippen LogP contribution in [0.25, 0.3) is 22.2 Å². The topological polar surface area (TPSA) is 86.9 Å². The van der Waals surface area contributed by atoms with E-state index in [2.05, 4.69) is 38.4 Å². The number of fused-ring (bicyclic) bond motifs is 1. The molecule has 1 saturated heterocycles. The second-order valence-corrected chi connectivity index (χ2v) is 10.7. The minimum Gasteiger partial charge on any atom is -0.357 e. The third-order valence-corrected chi connectivity index (χ3v) is 7.99. The Morgan fingerprint density at radius 2 is 1.84 bits per heavy atom. The Balaban J connectivity index is 1.14. The number of pyridine rings is 1. The van der Waals surface area contributed by atoms with Gasteiger partial charge in [-0.1, -0.05) is 18.9 Å². The van der Waals surface area contributed by atoms with E-state index in [9.17, 15) is 4.79 Å². The van der Waals surface area contributed by atoms with Crippen LogP contribution in [0, 0.1) is 0 Å². The Hall–Kier alpha value is -3.52. The van der Waals surface area contributed by atoms with E-state index in [1.54, 1.807) is 12.3 Å². The van der Waals surface area contributed by atoms with Crippen molar-refractivity contribution in [3.05, 3.63) is 60.2 Å². The molecule has 0 spiro atoms. The maximum Gasteiger partial charge on any atom is 0.274 e. The fourth-order valence-electron chi connectivity index (χ4n) is 5.77. The van der Waals surface area contributed by atoms with Crippen molar-refractivity contribution in [1.29, 1.82) is 0 Å². The Morgan fingerprint density at radius 3 is 2.65 bits per heavy atom. The standard InChI is InChI=1S/C29H32N6O2/c36-29(25-9-5-8-24(31-25)21-16-30-35(18-21)28-10-3-4-13-37-28)32-27-14-20-17-34(22-6-1-2-7-22)33-26(20)15-23(27)19-11-12-19/h5,8-9,14-19,22,28H,1-4,6-7,10-13H2,(H,32,36). The van der Waals surface area contributed by atoms with Crippen LogP contribution in [0.15, 0.2) is 48.9 Å². The molecule has 3 fully saturated rings. The molecule has 4 heterocycles. The number of benzene rings is 1. The summed E-state index contributed by atoms with van der Waals surface area (Å²) in [6.45, 7) is 0.768. The van der Waals surface area contributed by atoms with Crippen LogP contribution in [-0.4, -0.2) is 37.1 Å². The Morgan fingerprint density at radius 1 is 0.973 bits per heavy atom. The highest BCUT2D eigenvalue weighted by Gasteiger charge is 2.28. The number of amides is 1. The van der Waals surface area contributed by atoms with E-state index in [0.29, 0.717) is 17.7 Å². The molecule has 0 bridgehead atoms. The van der Waals surface area contributed by atoms with Crippen LogP contribution in [0.2, 0.25) is 0 Å². The molecule has 190 valence electrons. The number of hydrogen-bond donors (Lipinski definition) is 1. The maximum absolute atomic E-state index is 13.4. The molecular formula is C29H32N6O2. The van der Waals surface area contributed by atoms with E-state index in [4.69, 9.17) is 9.84 Å². The molecule has 3 aliphatic rings. The summed E-state index contributed by atoms with van der Waals surface area (Å²) in [5, 5.41) is 13.6. The Labute approximate surface area is 216 Å². The maximum atomic E-state index is 13.4. The lowest BCUT2D eigenvalue weighted by atomic mass is 10.1. The normalized spacial score (nSPS) is 20.5. The third-order valence-electron chi connectivity index (χ3n) is 7.99. The van der Waals surface area contributed by atoms with E-state index in [1.807, 2.05) is 23.0 Å². The number of aromatic nitrogens is 5. The molecule has 3 aromatic heterocycles. The second kappa shape index (κ2) is 9.41. The molecule has 1 atom stereocenters. The summed E-state index contributed by atoms with van der Waals surface area (Å²) < 4.78 is 9.86. The van der Waals surface area contributed by atoms with E-state index in [0.717, 1.165) is 66.6 Å². The first-order valence-electron chi connectivity index (χ1n) is 13.7. The number of carbonyl (C=O) groups excluding carboxylic acids is 1. The molecule has 1 amide bonds. The SMILES string of the molecule is O=C(Nc1cc2cn(C3CCCC3)nc2cc1C1CC1)c1cccc(-c2cnn(C3CCCCO3)c2)n1. The molecule has 1 unspecified atom stereocenters. The van der Waals surface area contributed by atoms with E-state index < -0.39 is 0 Å². The molecule has 2 saturated carbocycles. The number of hydrogen-bond acceptors (Lipinski definition) is 5. The van der Waals surface area contributed by atoms with E-state index in [1.165, 1.54) is 31.2 Å². The van der Waals surface area contributed by atoms with Gasteiger partial charge in [-0.15, -0.1) is 0 Å². The zero-order chi connectivity index (χ0) is 24.8. The number of nitrogens with zero attached hydrogens (tertiary/aromatic N) is 5. The third kappa shape index (κ3) is 4.55. The summed E-state index contributed by atoms with van der Waals surface area (Å²) in [6.07, 6.45) is 16.3. The highest BCUT2D eigenvalue weighted by molar-refractivity contribution is 6.04. The molecule has 37 heavy (non-hydrogen) atoms. The van der Waals surface area contributed by atoms with Gasteiger partial charge in [-0.3, -0.25) is 9.48 Å². The lowest BCUT2D eigenvalue weighted by molar-refractivity contribution is -0.0394. The molecule has 8 heteroatoms. The quantitative estimate of drug-likeness (QED) is 0.341. The van der Waals surface area contributed by atoms with Crippen molar-refractivity contribution in [2.45, 2.75) is 76.0 Å². The molecule has 0 radical (unpaired) electrons. The van der Waals surface area contributed by atoms with Crippen molar-refractivity contribution >= 4 is 22.5 Å². The number of anilines is 1. The van der Waals surface area contributed by atoms with Crippen LogP contribution in [0.4, 0.5) is 5.69 Å². The fraction of sp³-hybridized carbons (Fsp3) is 0.448. The molecule has 8 nitrogen and oxygen atoms in total. The van der Waals surface area contributed by atoms with Crippen LogP contribution in [0.1, 0.15) is 92.0 Å². The summed E-state index contributed by atoms with van der Waals surface area (Å²) in [5.41, 5.74) is 5.07. The van der Waals surface area contributed by atoms with Gasteiger partial charge >= 0.3 is 0 Å². The summed E-state index contributed by atoms with van der Waals surface area (Å²) in [7, 11) is 0. The lowest BCUT2D eigenvalue weighted by Gasteiger charge is -2.22. The monoisotopic (exact) mass is 496 g/mol. The van der Waals surface area contributed by atoms with E-state index >= 15 is 0 Å². The van der Waals surface area contributed by atoms with Gasteiger partial charge in [-0.2, -0.15) is 10.2 Å². The van der Waals surface area contributed by atoms with Crippen LogP contribution >= 0.6 is 0 Å². The molecular weight excluding hydrogens is 464 g/mol. The highest BCUT2D eigenvalue weighted by atomic mass is 16.5. The van der Waals surface area contributed by atoms with E-state index in [-0.39, 0.29) is 12.1 Å². The number of nitrogens with one attached hydrogen (secondary N) is 1. The van der Waals surface area contributed by atoms with Crippen molar-refractivity contribution in [2.75, 3.05) is 11.9 Å². The molecule has 7 rings (SSSR count). The summed E-state index contributed by atoms with van der Waals surface area (Å²) in [5.74, 6) is 0.290. The largest absolute Gasteiger partial charge is 0.357 e. The molecule has 1 N–H and O–H groups in total. The van der Waals surface area contributed by atoms with Gasteiger partial charge in [0.25, 0.3) is 5.91 Å². The summed E-state index contributed by atoms with van der Waals surface area (Å²) >= 11 is 0. The average Bonchev–Trinajstić information content (AvgIpc) is 3.31. The van der Waals surface area contributed by atoms with Crippen LogP contribution in [-0.2, 0) is 4.74 Å². The second-order valence-electron chi connectivity index (χ2n) is 10.7. The molecule has 4 aromatic rings. The van der Waals surface area contributed by atoms with Gasteiger partial charge in [-0.05, 0) is 80.7 Å². The number of ether oxygens (including phenoxy) is 1.